The molecule has 0 saturated carbocycles. The van der Waals surface area contributed by atoms with Gasteiger partial charge in [0.15, 0.2) is 5.54 Å². The maximum atomic E-state index is 12.9. The van der Waals surface area contributed by atoms with Gasteiger partial charge in [-0.3, -0.25) is 9.78 Å². The predicted octanol–water partition coefficient (Wildman–Crippen LogP) is 2.69. The van der Waals surface area contributed by atoms with Gasteiger partial charge in [-0.05, 0) is 43.3 Å². The Morgan fingerprint density at radius 2 is 1.95 bits per heavy atom. The van der Waals surface area contributed by atoms with E-state index in [9.17, 15) is 9.18 Å². The molecule has 6 heteroatoms. The Kier molecular flexibility index (Phi) is 3.90. The first-order chi connectivity index (χ1) is 9.41. The fraction of sp³-hybridized carbons (Fsp3) is 0.143. The van der Waals surface area contributed by atoms with Crippen molar-refractivity contribution >= 4 is 23.2 Å². The lowest BCUT2D eigenvalue weighted by Gasteiger charge is -2.28. The van der Waals surface area contributed by atoms with Gasteiger partial charge in [0.2, 0.25) is 5.91 Å². The summed E-state index contributed by atoms with van der Waals surface area (Å²) in [6, 6.07) is 9.45. The molecule has 2 aromatic rings. The van der Waals surface area contributed by atoms with Crippen LogP contribution in [0, 0.1) is 5.82 Å². The number of halogens is 2. The highest BCUT2D eigenvalue weighted by molar-refractivity contribution is 6.30. The lowest BCUT2D eigenvalue weighted by atomic mass is 9.95. The molecule has 1 aromatic heterocycles. The molecule has 1 aromatic carbocycles. The van der Waals surface area contributed by atoms with Crippen LogP contribution in [-0.2, 0) is 10.3 Å². The van der Waals surface area contributed by atoms with E-state index >= 15 is 0 Å². The third-order valence-corrected chi connectivity index (χ3v) is 3.22. The maximum Gasteiger partial charge on any atom is 0.249 e. The SMILES string of the molecule is CC(Nc1ccc(Cl)cc1)(C(N)=O)c1ccc(F)cn1. The lowest BCUT2D eigenvalue weighted by molar-refractivity contribution is -0.122. The first-order valence-electron chi connectivity index (χ1n) is 5.87. The Bertz CT molecular complexity index is 615. The number of hydrogen-bond acceptors (Lipinski definition) is 3. The molecule has 0 aliphatic rings. The summed E-state index contributed by atoms with van der Waals surface area (Å²) in [6.45, 7) is 1.59. The third-order valence-electron chi connectivity index (χ3n) is 2.97. The molecule has 1 unspecified atom stereocenters. The predicted molar refractivity (Wildman–Crippen MR) is 75.8 cm³/mol. The molecule has 0 radical (unpaired) electrons. The minimum Gasteiger partial charge on any atom is -0.367 e. The molecular formula is C14H13ClFN3O. The summed E-state index contributed by atoms with van der Waals surface area (Å²) in [4.78, 5) is 15.7. The number of nitrogens with two attached hydrogens (primary N) is 1. The van der Waals surface area contributed by atoms with Crippen LogP contribution in [0.2, 0.25) is 5.02 Å². The highest BCUT2D eigenvalue weighted by Crippen LogP contribution is 2.25. The fourth-order valence-corrected chi connectivity index (χ4v) is 1.87. The normalized spacial score (nSPS) is 13.6. The number of rotatable bonds is 4. The van der Waals surface area contributed by atoms with Crippen LogP contribution in [0.4, 0.5) is 10.1 Å². The van der Waals surface area contributed by atoms with Crippen molar-refractivity contribution in [3.63, 3.8) is 0 Å². The third kappa shape index (κ3) is 2.88. The standard InChI is InChI=1S/C14H13ClFN3O/c1-14(13(17)20,12-7-4-10(16)8-18-12)19-11-5-2-9(15)3-6-11/h2-8,19H,1H3,(H2,17,20). The summed E-state index contributed by atoms with van der Waals surface area (Å²) in [5, 5.41) is 3.58. The number of carbonyl (C=O) groups excluding carboxylic acids is 1. The Morgan fingerprint density at radius 1 is 1.30 bits per heavy atom. The lowest BCUT2D eigenvalue weighted by Crippen LogP contribution is -2.45. The van der Waals surface area contributed by atoms with Crippen molar-refractivity contribution in [2.45, 2.75) is 12.5 Å². The molecule has 0 spiro atoms. The number of primary amides is 1. The molecule has 20 heavy (non-hydrogen) atoms. The number of hydrogen-bond donors (Lipinski definition) is 2. The summed E-state index contributed by atoms with van der Waals surface area (Å²) in [5.41, 5.74) is 5.20. The summed E-state index contributed by atoms with van der Waals surface area (Å²) < 4.78 is 12.9. The molecule has 1 amide bonds. The summed E-state index contributed by atoms with van der Waals surface area (Å²) in [7, 11) is 0. The molecule has 1 heterocycles. The molecule has 0 aliphatic heterocycles. The quantitative estimate of drug-likeness (QED) is 0.910. The minimum absolute atomic E-state index is 0.335. The second-order valence-corrected chi connectivity index (χ2v) is 4.92. The number of aromatic nitrogens is 1. The van der Waals surface area contributed by atoms with Crippen molar-refractivity contribution in [2.75, 3.05) is 5.32 Å². The van der Waals surface area contributed by atoms with Crippen molar-refractivity contribution in [1.82, 2.24) is 4.98 Å². The second-order valence-electron chi connectivity index (χ2n) is 4.48. The van der Waals surface area contributed by atoms with Crippen LogP contribution in [-0.4, -0.2) is 10.9 Å². The van der Waals surface area contributed by atoms with Gasteiger partial charge in [0.25, 0.3) is 0 Å². The number of benzene rings is 1. The summed E-state index contributed by atoms with van der Waals surface area (Å²) in [5.74, 6) is -1.10. The summed E-state index contributed by atoms with van der Waals surface area (Å²) >= 11 is 5.81. The van der Waals surface area contributed by atoms with Gasteiger partial charge in [0, 0.05) is 10.7 Å². The van der Waals surface area contributed by atoms with Crippen LogP contribution >= 0.6 is 11.6 Å². The highest BCUT2D eigenvalue weighted by Gasteiger charge is 2.34. The average Bonchev–Trinajstić information content (AvgIpc) is 2.42. The average molecular weight is 294 g/mol. The molecule has 1 atom stereocenters. The topological polar surface area (TPSA) is 68.0 Å². The molecule has 4 nitrogen and oxygen atoms in total. The molecule has 0 fully saturated rings. The van der Waals surface area contributed by atoms with E-state index in [1.54, 1.807) is 31.2 Å². The first-order valence-corrected chi connectivity index (χ1v) is 6.25. The molecule has 2 rings (SSSR count). The number of carbonyl (C=O) groups is 1. The van der Waals surface area contributed by atoms with Gasteiger partial charge in [0.1, 0.15) is 5.82 Å². The van der Waals surface area contributed by atoms with E-state index < -0.39 is 17.3 Å². The van der Waals surface area contributed by atoms with E-state index in [1.165, 1.54) is 12.1 Å². The van der Waals surface area contributed by atoms with Gasteiger partial charge < -0.3 is 11.1 Å². The number of amides is 1. The van der Waals surface area contributed by atoms with Gasteiger partial charge in [-0.1, -0.05) is 11.6 Å². The van der Waals surface area contributed by atoms with Crippen LogP contribution in [0.5, 0.6) is 0 Å². The first kappa shape index (κ1) is 14.3. The fourth-order valence-electron chi connectivity index (χ4n) is 1.75. The number of nitrogens with one attached hydrogen (secondary N) is 1. The van der Waals surface area contributed by atoms with Crippen molar-refractivity contribution in [2.24, 2.45) is 5.73 Å². The van der Waals surface area contributed by atoms with Crippen LogP contribution in [0.15, 0.2) is 42.6 Å². The zero-order valence-electron chi connectivity index (χ0n) is 10.7. The molecular weight excluding hydrogens is 281 g/mol. The van der Waals surface area contributed by atoms with Crippen LogP contribution in [0.25, 0.3) is 0 Å². The van der Waals surface area contributed by atoms with Gasteiger partial charge in [-0.15, -0.1) is 0 Å². The van der Waals surface area contributed by atoms with E-state index in [0.717, 1.165) is 6.20 Å². The molecule has 0 bridgehead atoms. The van der Waals surface area contributed by atoms with Crippen molar-refractivity contribution in [1.29, 1.82) is 0 Å². The van der Waals surface area contributed by atoms with Crippen LogP contribution in [0.1, 0.15) is 12.6 Å². The Morgan fingerprint density at radius 3 is 2.45 bits per heavy atom. The van der Waals surface area contributed by atoms with E-state index in [0.29, 0.717) is 16.4 Å². The van der Waals surface area contributed by atoms with Crippen LogP contribution in [0.3, 0.4) is 0 Å². The Balaban J connectivity index is 2.37. The molecule has 0 aliphatic carbocycles. The van der Waals surface area contributed by atoms with Gasteiger partial charge in [-0.2, -0.15) is 0 Å². The number of anilines is 1. The van der Waals surface area contributed by atoms with Crippen molar-refractivity contribution in [3.05, 3.63) is 59.1 Å². The van der Waals surface area contributed by atoms with E-state index in [1.807, 2.05) is 0 Å². The zero-order valence-corrected chi connectivity index (χ0v) is 11.5. The maximum absolute atomic E-state index is 12.9. The zero-order chi connectivity index (χ0) is 14.8. The Labute approximate surface area is 120 Å². The minimum atomic E-state index is -1.25. The smallest absolute Gasteiger partial charge is 0.249 e. The number of nitrogens with zero attached hydrogens (tertiary/aromatic N) is 1. The molecule has 3 N–H and O–H groups in total. The summed E-state index contributed by atoms with van der Waals surface area (Å²) in [6.07, 6.45) is 1.04. The largest absolute Gasteiger partial charge is 0.367 e. The van der Waals surface area contributed by atoms with Crippen molar-refractivity contribution < 1.29 is 9.18 Å². The van der Waals surface area contributed by atoms with Crippen LogP contribution < -0.4 is 11.1 Å². The van der Waals surface area contributed by atoms with Gasteiger partial charge in [0.05, 0.1) is 11.9 Å². The monoisotopic (exact) mass is 293 g/mol. The molecule has 104 valence electrons. The van der Waals surface area contributed by atoms with Gasteiger partial charge >= 0.3 is 0 Å². The number of pyridine rings is 1. The highest BCUT2D eigenvalue weighted by atomic mass is 35.5. The van der Waals surface area contributed by atoms with E-state index in [-0.39, 0.29) is 0 Å². The van der Waals surface area contributed by atoms with Gasteiger partial charge in [-0.25, -0.2) is 4.39 Å². The second kappa shape index (κ2) is 5.46. The Hall–Kier alpha value is -2.14. The van der Waals surface area contributed by atoms with E-state index in [4.69, 9.17) is 17.3 Å². The van der Waals surface area contributed by atoms with Crippen molar-refractivity contribution in [3.8, 4) is 0 Å². The molecule has 0 saturated heterocycles. The van der Waals surface area contributed by atoms with E-state index in [2.05, 4.69) is 10.3 Å².